The summed E-state index contributed by atoms with van der Waals surface area (Å²) in [5, 5.41) is 74.7. The number of hydrogen-bond donors (Lipinski definition) is 0. The van der Waals surface area contributed by atoms with Crippen LogP contribution in [-0.2, 0) is 0 Å². The zero-order valence-electron chi connectivity index (χ0n) is 44.9. The van der Waals surface area contributed by atoms with Gasteiger partial charge in [0, 0.05) is 76.0 Å². The molecule has 8 rings (SSSR count). The molecule has 15 nitrogen and oxygen atoms in total. The molecule has 0 N–H and O–H groups in total. The van der Waals surface area contributed by atoms with Gasteiger partial charge in [0.05, 0.1) is 9.85 Å². The molecule has 79 heavy (non-hydrogen) atoms. The molecule has 15 heteroatoms. The lowest BCUT2D eigenvalue weighted by atomic mass is 10.0. The summed E-state index contributed by atoms with van der Waals surface area (Å²) in [6, 6.07) is 42.2. The predicted molar refractivity (Wildman–Crippen MR) is 315 cm³/mol. The maximum Gasteiger partial charge on any atom is 0.269 e. The summed E-state index contributed by atoms with van der Waals surface area (Å²) in [4.78, 5) is 23.2. The summed E-state index contributed by atoms with van der Waals surface area (Å²) in [6.07, 6.45) is 15.6. The van der Waals surface area contributed by atoms with Crippen LogP contribution in [0.5, 0.6) is 0 Å². The van der Waals surface area contributed by atoms with E-state index in [1.165, 1.54) is 12.1 Å². The van der Waals surface area contributed by atoms with Crippen molar-refractivity contribution in [2.75, 3.05) is 0 Å². The molecule has 8 aromatic carbocycles. The Hall–Kier alpha value is -10.3. The highest BCUT2D eigenvalue weighted by Gasteiger charge is 2.14. The second kappa shape index (κ2) is 24.2. The van der Waals surface area contributed by atoms with Crippen LogP contribution >= 0.6 is 0 Å². The summed E-state index contributed by atoms with van der Waals surface area (Å²) in [6.45, 7) is 15.3. The summed E-state index contributed by atoms with van der Waals surface area (Å²) in [7, 11) is 0. The van der Waals surface area contributed by atoms with Crippen molar-refractivity contribution < 1.29 is 24.4 Å². The van der Waals surface area contributed by atoms with Gasteiger partial charge in [-0.2, -0.15) is 0 Å². The molecule has 0 aliphatic heterocycles. The van der Waals surface area contributed by atoms with Crippen LogP contribution in [-0.4, -0.2) is 24.4 Å². The Labute approximate surface area is 457 Å². The van der Waals surface area contributed by atoms with Crippen molar-refractivity contribution in [3.63, 3.8) is 0 Å². The van der Waals surface area contributed by atoms with Gasteiger partial charge in [-0.1, -0.05) is 81.4 Å². The monoisotopic (exact) mass is 1050 g/mol. The lowest BCUT2D eigenvalue weighted by Crippen LogP contribution is -1.93. The Kier molecular flexibility index (Phi) is 16.8. The smallest absolute Gasteiger partial charge is 0.269 e. The van der Waals surface area contributed by atoms with Gasteiger partial charge in [0.25, 0.3) is 11.4 Å². The zero-order chi connectivity index (χ0) is 56.5. The van der Waals surface area contributed by atoms with E-state index in [9.17, 15) is 35.9 Å². The minimum atomic E-state index is -0.414. The Morgan fingerprint density at radius 1 is 0.266 bits per heavy atom. The van der Waals surface area contributed by atoms with Crippen LogP contribution in [0.25, 0.3) is 48.6 Å². The van der Waals surface area contributed by atoms with Crippen molar-refractivity contribution in [1.82, 2.24) is 0 Å². The maximum atomic E-state index is 13.3. The first-order valence-electron chi connectivity index (χ1n) is 25.2. The fourth-order valence-electron chi connectivity index (χ4n) is 8.75. The topological polar surface area (TPSA) is 202 Å². The normalized spacial score (nSPS) is 12.4. The molecule has 0 saturated carbocycles. The standard InChI is InChI=1S/C64H56N8O7/c1-41-33-57(25-17-49(41)9-10-50-18-26-58(34-42(50)2)66-69(74)61-29-21-53(45(5)37-61)13-15-55-23-31-63(71(76)77)39-47(55)7)65-68(73)60-28-20-52(44(4)36-60)12-11-51-19-27-59(35-43(51)3)67-70(75)62-30-22-54(46(6)38-62)14-16-56-24-32-64(72(78)79)40-48(56)8/h9-40H,1-8H3. The number of hydrogen-bond acceptors (Lipinski definition) is 10. The second-order valence-electron chi connectivity index (χ2n) is 19.3. The van der Waals surface area contributed by atoms with E-state index >= 15 is 0 Å². The highest BCUT2D eigenvalue weighted by Crippen LogP contribution is 2.30. The number of rotatable bonds is 16. The molecule has 0 spiro atoms. The van der Waals surface area contributed by atoms with Crippen molar-refractivity contribution in [3.05, 3.63) is 270 Å². The molecule has 8 aromatic rings. The van der Waals surface area contributed by atoms with Crippen molar-refractivity contribution >= 4 is 94.1 Å². The van der Waals surface area contributed by atoms with Gasteiger partial charge in [0.2, 0.25) is 17.1 Å². The third-order valence-corrected chi connectivity index (χ3v) is 13.5. The first-order chi connectivity index (χ1) is 37.8. The third kappa shape index (κ3) is 13.8. The number of nitro groups is 2. The average Bonchev–Trinajstić information content (AvgIpc) is 3.41. The Morgan fingerprint density at radius 2 is 0.443 bits per heavy atom. The van der Waals surface area contributed by atoms with Crippen molar-refractivity contribution in [3.8, 4) is 0 Å². The number of azo groups is 3. The van der Waals surface area contributed by atoms with E-state index < -0.39 is 9.85 Å². The van der Waals surface area contributed by atoms with Crippen molar-refractivity contribution in [2.45, 2.75) is 55.4 Å². The Morgan fingerprint density at radius 3 is 0.633 bits per heavy atom. The predicted octanol–water partition coefficient (Wildman–Crippen LogP) is 18.4. The molecule has 0 aliphatic rings. The van der Waals surface area contributed by atoms with Crippen molar-refractivity contribution in [1.29, 1.82) is 0 Å². The van der Waals surface area contributed by atoms with Crippen LogP contribution in [0.15, 0.2) is 161 Å². The number of nitro benzene ring substituents is 2. The quantitative estimate of drug-likeness (QED) is 0.0301. The molecule has 0 heterocycles. The summed E-state index contributed by atoms with van der Waals surface area (Å²) >= 11 is 0. The number of nitrogens with zero attached hydrogens (tertiary/aromatic N) is 8. The molecule has 394 valence electrons. The van der Waals surface area contributed by atoms with Crippen LogP contribution in [0.4, 0.5) is 45.5 Å². The van der Waals surface area contributed by atoms with Gasteiger partial charge >= 0.3 is 0 Å². The van der Waals surface area contributed by atoms with Gasteiger partial charge in [0.15, 0.2) is 0 Å². The van der Waals surface area contributed by atoms with Gasteiger partial charge in [-0.3, -0.25) is 20.2 Å². The van der Waals surface area contributed by atoms with Gasteiger partial charge in [-0.05, 0) is 211 Å². The molecule has 0 radical (unpaired) electrons. The Bertz CT molecular complexity index is 3940. The number of non-ortho nitro benzene ring substituents is 2. The first kappa shape index (κ1) is 55.0. The van der Waals surface area contributed by atoms with Gasteiger partial charge < -0.3 is 15.6 Å². The lowest BCUT2D eigenvalue weighted by Gasteiger charge is -2.07. The Balaban J connectivity index is 0.860. The molecular weight excluding hydrogens is 993 g/mol. The lowest BCUT2D eigenvalue weighted by molar-refractivity contribution is -0.435. The van der Waals surface area contributed by atoms with E-state index in [-0.39, 0.29) is 11.4 Å². The number of aryl methyl sites for hydroxylation is 8. The number of benzene rings is 8. The van der Waals surface area contributed by atoms with Crippen LogP contribution in [0, 0.1) is 91.2 Å². The van der Waals surface area contributed by atoms with Gasteiger partial charge in [-0.15, -0.1) is 0 Å². The summed E-state index contributed by atoms with van der Waals surface area (Å²) < 4.78 is 0. The molecule has 0 amide bonds. The summed E-state index contributed by atoms with van der Waals surface area (Å²) in [5.41, 5.74) is 17.0. The maximum absolute atomic E-state index is 13.3. The minimum absolute atomic E-state index is 0.0449. The van der Waals surface area contributed by atoms with Crippen LogP contribution in [0.3, 0.4) is 0 Å². The van der Waals surface area contributed by atoms with E-state index in [4.69, 9.17) is 0 Å². The third-order valence-electron chi connectivity index (χ3n) is 13.5. The van der Waals surface area contributed by atoms with E-state index in [0.29, 0.717) is 48.7 Å². The SMILES string of the molecule is Cc1cc(N=[N+]([O-])c2ccc(C=Cc3ccc(N=[N+]([O-])c4ccc(C=Cc5ccc([N+](=O)[O-])cc5C)c(C)c4)cc3C)c(C)c2)ccc1C=Cc1ccc(N=[N+]([O-])c2ccc(C=Cc3ccc([N+](=O)[O-])cc3C)c(C)c2)cc1C. The molecule has 0 saturated heterocycles. The molecule has 0 unspecified atom stereocenters. The zero-order valence-corrected chi connectivity index (χ0v) is 44.9. The molecule has 0 fully saturated rings. The second-order valence-corrected chi connectivity index (χ2v) is 19.3. The van der Waals surface area contributed by atoms with Crippen LogP contribution in [0.2, 0.25) is 0 Å². The molecule has 0 aliphatic carbocycles. The molecule has 0 bridgehead atoms. The summed E-state index contributed by atoms with van der Waals surface area (Å²) in [5.74, 6) is 0. The molecule has 0 aromatic heterocycles. The van der Waals surface area contributed by atoms with E-state index in [2.05, 4.69) is 15.3 Å². The molecule has 0 atom stereocenters. The van der Waals surface area contributed by atoms with E-state index in [0.717, 1.165) is 89.0 Å². The highest BCUT2D eigenvalue weighted by atomic mass is 16.6. The van der Waals surface area contributed by atoms with Gasteiger partial charge in [0.1, 0.15) is 17.1 Å². The van der Waals surface area contributed by atoms with Crippen LogP contribution in [0.1, 0.15) is 89.0 Å². The van der Waals surface area contributed by atoms with Crippen molar-refractivity contribution in [2.24, 2.45) is 15.3 Å². The minimum Gasteiger partial charge on any atom is -0.594 e. The van der Waals surface area contributed by atoms with E-state index in [1.54, 1.807) is 78.9 Å². The van der Waals surface area contributed by atoms with Gasteiger partial charge in [-0.25, -0.2) is 0 Å². The fraction of sp³-hybridized carbons (Fsp3) is 0.125. The van der Waals surface area contributed by atoms with Crippen LogP contribution < -0.4 is 0 Å². The highest BCUT2D eigenvalue weighted by molar-refractivity contribution is 5.77. The molecular formula is C64H56N8O7. The largest absolute Gasteiger partial charge is 0.594 e. The fourth-order valence-corrected chi connectivity index (χ4v) is 8.75. The average molecular weight is 1050 g/mol. The van der Waals surface area contributed by atoms with E-state index in [1.807, 2.05) is 159 Å². The first-order valence-corrected chi connectivity index (χ1v) is 25.2.